The molecule has 0 bridgehead atoms. The summed E-state index contributed by atoms with van der Waals surface area (Å²) in [7, 11) is 0. The van der Waals surface area contributed by atoms with E-state index in [9.17, 15) is 9.59 Å². The minimum Gasteiger partial charge on any atom is -0.482 e. The van der Waals surface area contributed by atoms with E-state index in [4.69, 9.17) is 9.84 Å². The molecule has 0 spiro atoms. The molecule has 0 aromatic heterocycles. The number of hydrogen-bond donors (Lipinski definition) is 2. The third-order valence-corrected chi connectivity index (χ3v) is 3.97. The van der Waals surface area contributed by atoms with Crippen LogP contribution in [0.2, 0.25) is 0 Å². The zero-order valence-corrected chi connectivity index (χ0v) is 12.7. The van der Waals surface area contributed by atoms with Crippen molar-refractivity contribution in [2.75, 3.05) is 13.2 Å². The molecule has 5 nitrogen and oxygen atoms in total. The molecule has 1 amide bonds. The van der Waals surface area contributed by atoms with Crippen LogP contribution in [-0.4, -0.2) is 30.1 Å². The second kappa shape index (κ2) is 8.41. The van der Waals surface area contributed by atoms with Crippen molar-refractivity contribution in [3.63, 3.8) is 0 Å². The number of carbonyl (C=O) groups is 2. The van der Waals surface area contributed by atoms with Crippen molar-refractivity contribution in [1.29, 1.82) is 0 Å². The lowest BCUT2D eigenvalue weighted by Crippen LogP contribution is -2.33. The normalized spacial score (nSPS) is 15.3. The Hall–Kier alpha value is -2.04. The molecule has 1 fully saturated rings. The number of carboxylic acid groups (broad SMARTS) is 1. The highest BCUT2D eigenvalue weighted by Gasteiger charge is 2.20. The van der Waals surface area contributed by atoms with E-state index in [2.05, 4.69) is 5.32 Å². The predicted octanol–water partition coefficient (Wildman–Crippen LogP) is 2.39. The SMILES string of the molecule is O=C(O)COc1ccc(CCNC(=O)C2CCCCC2)cc1. The minimum atomic E-state index is -0.991. The number of ether oxygens (including phenoxy) is 1. The highest BCUT2D eigenvalue weighted by atomic mass is 16.5. The average Bonchev–Trinajstić information content (AvgIpc) is 2.55. The van der Waals surface area contributed by atoms with Gasteiger partial charge in [-0.1, -0.05) is 31.4 Å². The maximum absolute atomic E-state index is 12.0. The van der Waals surface area contributed by atoms with E-state index in [1.807, 2.05) is 12.1 Å². The van der Waals surface area contributed by atoms with Crippen LogP contribution in [0.15, 0.2) is 24.3 Å². The van der Waals surface area contributed by atoms with Gasteiger partial charge < -0.3 is 15.2 Å². The van der Waals surface area contributed by atoms with Gasteiger partial charge in [-0.3, -0.25) is 4.79 Å². The van der Waals surface area contributed by atoms with Crippen molar-refractivity contribution in [3.05, 3.63) is 29.8 Å². The van der Waals surface area contributed by atoms with Crippen LogP contribution in [0.4, 0.5) is 0 Å². The summed E-state index contributed by atoms with van der Waals surface area (Å²) in [5.41, 5.74) is 1.09. The molecule has 1 aliphatic rings. The zero-order valence-electron chi connectivity index (χ0n) is 12.7. The molecule has 5 heteroatoms. The van der Waals surface area contributed by atoms with Gasteiger partial charge in [0, 0.05) is 12.5 Å². The lowest BCUT2D eigenvalue weighted by molar-refractivity contribution is -0.139. The highest BCUT2D eigenvalue weighted by Crippen LogP contribution is 2.23. The first-order valence-corrected chi connectivity index (χ1v) is 7.86. The Morgan fingerprint density at radius 3 is 2.45 bits per heavy atom. The fraction of sp³-hybridized carbons (Fsp3) is 0.529. The number of carbonyl (C=O) groups excluding carboxylic acids is 1. The van der Waals surface area contributed by atoms with Gasteiger partial charge in [0.05, 0.1) is 0 Å². The summed E-state index contributed by atoms with van der Waals surface area (Å²) >= 11 is 0. The van der Waals surface area contributed by atoms with Crippen molar-refractivity contribution < 1.29 is 19.4 Å². The summed E-state index contributed by atoms with van der Waals surface area (Å²) in [6.45, 7) is 0.293. The Bertz CT molecular complexity index is 492. The molecular weight excluding hydrogens is 282 g/mol. The number of aliphatic carboxylic acids is 1. The maximum atomic E-state index is 12.0. The second-order valence-electron chi connectivity index (χ2n) is 5.70. The molecule has 0 unspecified atom stereocenters. The lowest BCUT2D eigenvalue weighted by atomic mass is 9.88. The first-order valence-electron chi connectivity index (χ1n) is 7.86. The Morgan fingerprint density at radius 1 is 1.14 bits per heavy atom. The monoisotopic (exact) mass is 305 g/mol. The molecule has 2 rings (SSSR count). The molecule has 1 aromatic carbocycles. The summed E-state index contributed by atoms with van der Waals surface area (Å²) < 4.78 is 5.08. The van der Waals surface area contributed by atoms with E-state index in [-0.39, 0.29) is 18.4 Å². The first-order chi connectivity index (χ1) is 10.6. The summed E-state index contributed by atoms with van der Waals surface area (Å²) in [4.78, 5) is 22.4. The molecular formula is C17H23NO4. The summed E-state index contributed by atoms with van der Waals surface area (Å²) in [6.07, 6.45) is 6.37. The van der Waals surface area contributed by atoms with E-state index in [0.29, 0.717) is 12.3 Å². The van der Waals surface area contributed by atoms with Crippen LogP contribution in [0.5, 0.6) is 5.75 Å². The average molecular weight is 305 g/mol. The molecule has 0 heterocycles. The van der Waals surface area contributed by atoms with Gasteiger partial charge in [-0.15, -0.1) is 0 Å². The van der Waals surface area contributed by atoms with Crippen LogP contribution < -0.4 is 10.1 Å². The van der Waals surface area contributed by atoms with Crippen LogP contribution >= 0.6 is 0 Å². The topological polar surface area (TPSA) is 75.6 Å². The van der Waals surface area contributed by atoms with E-state index in [0.717, 1.165) is 37.7 Å². The Morgan fingerprint density at radius 2 is 1.82 bits per heavy atom. The van der Waals surface area contributed by atoms with Gasteiger partial charge in [0.25, 0.3) is 0 Å². The molecule has 1 aromatic rings. The van der Waals surface area contributed by atoms with Gasteiger partial charge in [0.15, 0.2) is 6.61 Å². The fourth-order valence-corrected chi connectivity index (χ4v) is 2.74. The minimum absolute atomic E-state index is 0.182. The van der Waals surface area contributed by atoms with Crippen LogP contribution in [0.25, 0.3) is 0 Å². The number of rotatable bonds is 7. The highest BCUT2D eigenvalue weighted by molar-refractivity contribution is 5.78. The smallest absolute Gasteiger partial charge is 0.341 e. The lowest BCUT2D eigenvalue weighted by Gasteiger charge is -2.20. The molecule has 120 valence electrons. The summed E-state index contributed by atoms with van der Waals surface area (Å²) in [5, 5.41) is 11.5. The molecule has 0 radical (unpaired) electrons. The van der Waals surface area contributed by atoms with Gasteiger partial charge in [0.1, 0.15) is 5.75 Å². The molecule has 2 N–H and O–H groups in total. The first kappa shape index (κ1) is 16.3. The van der Waals surface area contributed by atoms with E-state index < -0.39 is 5.97 Å². The van der Waals surface area contributed by atoms with Crippen molar-refractivity contribution in [2.24, 2.45) is 5.92 Å². The molecule has 0 aliphatic heterocycles. The van der Waals surface area contributed by atoms with Gasteiger partial charge in [0.2, 0.25) is 5.91 Å². The fourth-order valence-electron chi connectivity index (χ4n) is 2.74. The zero-order chi connectivity index (χ0) is 15.8. The molecule has 1 aliphatic carbocycles. The molecule has 0 saturated heterocycles. The van der Waals surface area contributed by atoms with Crippen molar-refractivity contribution >= 4 is 11.9 Å². The number of hydrogen-bond acceptors (Lipinski definition) is 3. The van der Waals surface area contributed by atoms with Crippen molar-refractivity contribution in [3.8, 4) is 5.75 Å². The standard InChI is InChI=1S/C17H23NO4/c19-16(20)12-22-15-8-6-13(7-9-15)10-11-18-17(21)14-4-2-1-3-5-14/h6-9,14H,1-5,10-12H2,(H,18,21)(H,19,20). The number of benzene rings is 1. The third-order valence-electron chi connectivity index (χ3n) is 3.97. The largest absolute Gasteiger partial charge is 0.482 e. The van der Waals surface area contributed by atoms with E-state index >= 15 is 0 Å². The number of amides is 1. The van der Waals surface area contributed by atoms with Crippen molar-refractivity contribution in [2.45, 2.75) is 38.5 Å². The van der Waals surface area contributed by atoms with Crippen LogP contribution in [0.3, 0.4) is 0 Å². The second-order valence-corrected chi connectivity index (χ2v) is 5.70. The Balaban J connectivity index is 1.70. The number of carboxylic acids is 1. The summed E-state index contributed by atoms with van der Waals surface area (Å²) in [5.74, 6) is -0.0754. The Labute approximate surface area is 130 Å². The predicted molar refractivity (Wildman–Crippen MR) is 82.9 cm³/mol. The number of nitrogens with one attached hydrogen (secondary N) is 1. The van der Waals surface area contributed by atoms with Crippen molar-refractivity contribution in [1.82, 2.24) is 5.32 Å². The van der Waals surface area contributed by atoms with Gasteiger partial charge in [-0.05, 0) is 37.0 Å². The molecule has 1 saturated carbocycles. The van der Waals surface area contributed by atoms with Gasteiger partial charge in [-0.25, -0.2) is 4.79 Å². The van der Waals surface area contributed by atoms with E-state index in [1.54, 1.807) is 12.1 Å². The van der Waals surface area contributed by atoms with Crippen LogP contribution in [0, 0.1) is 5.92 Å². The maximum Gasteiger partial charge on any atom is 0.341 e. The summed E-state index contributed by atoms with van der Waals surface area (Å²) in [6, 6.07) is 7.29. The Kier molecular flexibility index (Phi) is 6.25. The van der Waals surface area contributed by atoms with Gasteiger partial charge in [-0.2, -0.15) is 0 Å². The third kappa shape index (κ3) is 5.39. The quantitative estimate of drug-likeness (QED) is 0.811. The molecule has 22 heavy (non-hydrogen) atoms. The van der Waals surface area contributed by atoms with Crippen LogP contribution in [0.1, 0.15) is 37.7 Å². The molecule has 0 atom stereocenters. The van der Waals surface area contributed by atoms with Gasteiger partial charge >= 0.3 is 5.97 Å². The van der Waals surface area contributed by atoms with Crippen LogP contribution in [-0.2, 0) is 16.0 Å². The van der Waals surface area contributed by atoms with E-state index in [1.165, 1.54) is 6.42 Å².